The van der Waals surface area contributed by atoms with Gasteiger partial charge < -0.3 is 19.3 Å². The van der Waals surface area contributed by atoms with Crippen molar-refractivity contribution < 1.29 is 24.1 Å². The molecule has 0 aliphatic heterocycles. The molecule has 5 nitrogen and oxygen atoms in total. The number of hydrogen-bond donors (Lipinski definition) is 1. The van der Waals surface area contributed by atoms with Crippen LogP contribution in [0.4, 0.5) is 0 Å². The molecule has 1 aromatic carbocycles. The summed E-state index contributed by atoms with van der Waals surface area (Å²) in [6, 6.07) is 3.20. The largest absolute Gasteiger partial charge is 0.508 e. The van der Waals surface area contributed by atoms with Crippen LogP contribution in [0.5, 0.6) is 17.2 Å². The first-order valence-electron chi connectivity index (χ1n) is 6.21. The van der Waals surface area contributed by atoms with Crippen LogP contribution in [0, 0.1) is 0 Å². The van der Waals surface area contributed by atoms with Gasteiger partial charge in [0.2, 0.25) is 0 Å². The maximum absolute atomic E-state index is 11.1. The van der Waals surface area contributed by atoms with Crippen LogP contribution in [-0.4, -0.2) is 31.9 Å². The first kappa shape index (κ1) is 15.1. The van der Waals surface area contributed by atoms with E-state index < -0.39 is 5.97 Å². The molecule has 0 saturated carbocycles. The number of aryl methyl sites for hydroxylation is 1. The first-order valence-corrected chi connectivity index (χ1v) is 6.21. The zero-order valence-corrected chi connectivity index (χ0v) is 11.6. The number of carbonyl (C=O) groups excluding carboxylic acids is 1. The lowest BCUT2D eigenvalue weighted by molar-refractivity contribution is -0.142. The second-order valence-corrected chi connectivity index (χ2v) is 4.10. The van der Waals surface area contributed by atoms with E-state index >= 15 is 0 Å². The van der Waals surface area contributed by atoms with E-state index in [1.807, 2.05) is 0 Å². The quantitative estimate of drug-likeness (QED) is 0.769. The number of methoxy groups -OCH3 is 2. The van der Waals surface area contributed by atoms with Gasteiger partial charge in [-0.25, -0.2) is 4.79 Å². The normalized spacial score (nSPS) is 10.1. The Balaban J connectivity index is 2.89. The van der Waals surface area contributed by atoms with Crippen molar-refractivity contribution in [3.63, 3.8) is 0 Å². The van der Waals surface area contributed by atoms with Gasteiger partial charge in [0.25, 0.3) is 0 Å². The molecule has 0 radical (unpaired) electrons. The number of aromatic hydroxyl groups is 1. The summed E-state index contributed by atoms with van der Waals surface area (Å²) in [6.07, 6.45) is 2.75. The van der Waals surface area contributed by atoms with Crippen LogP contribution in [0.15, 0.2) is 12.1 Å². The molecule has 106 valence electrons. The summed E-state index contributed by atoms with van der Waals surface area (Å²) in [5.74, 6) is 0.527. The summed E-state index contributed by atoms with van der Waals surface area (Å²) in [7, 11) is 2.78. The first-order chi connectivity index (χ1) is 9.12. The zero-order valence-electron chi connectivity index (χ0n) is 11.6. The maximum atomic E-state index is 11.1. The van der Waals surface area contributed by atoms with Gasteiger partial charge in [-0.1, -0.05) is 13.3 Å². The van der Waals surface area contributed by atoms with Crippen LogP contribution in [0.1, 0.15) is 25.3 Å². The molecule has 0 amide bonds. The summed E-state index contributed by atoms with van der Waals surface area (Å²) < 4.78 is 15.0. The molecule has 1 aromatic rings. The van der Waals surface area contributed by atoms with Crippen molar-refractivity contribution in [3.8, 4) is 17.2 Å². The molecule has 0 aromatic heterocycles. The second kappa shape index (κ2) is 7.51. The molecule has 0 fully saturated rings. The van der Waals surface area contributed by atoms with Gasteiger partial charge in [0.05, 0.1) is 14.2 Å². The minimum absolute atomic E-state index is 0.177. The highest BCUT2D eigenvalue weighted by Crippen LogP contribution is 2.34. The van der Waals surface area contributed by atoms with Gasteiger partial charge in [0, 0.05) is 6.07 Å². The van der Waals surface area contributed by atoms with E-state index in [0.29, 0.717) is 11.5 Å². The number of phenolic OH excluding ortho intramolecular Hbond substituents is 1. The summed E-state index contributed by atoms with van der Waals surface area (Å²) in [6.45, 7) is 1.89. The van der Waals surface area contributed by atoms with Gasteiger partial charge in [-0.2, -0.15) is 0 Å². The second-order valence-electron chi connectivity index (χ2n) is 4.10. The van der Waals surface area contributed by atoms with Crippen LogP contribution in [-0.2, 0) is 16.0 Å². The van der Waals surface area contributed by atoms with E-state index in [-0.39, 0.29) is 12.4 Å². The Morgan fingerprint density at radius 2 is 2.00 bits per heavy atom. The van der Waals surface area contributed by atoms with E-state index in [0.717, 1.165) is 24.8 Å². The van der Waals surface area contributed by atoms with Crippen molar-refractivity contribution in [2.45, 2.75) is 26.2 Å². The third kappa shape index (κ3) is 4.35. The minimum Gasteiger partial charge on any atom is -0.508 e. The molecule has 0 unspecified atom stereocenters. The average Bonchev–Trinajstić information content (AvgIpc) is 2.43. The van der Waals surface area contributed by atoms with E-state index in [9.17, 15) is 9.90 Å². The number of hydrogen-bond acceptors (Lipinski definition) is 5. The SMILES string of the molecule is CCCCc1cc(OCC(=O)OC)c(OC)cc1O. The summed E-state index contributed by atoms with van der Waals surface area (Å²) in [5, 5.41) is 9.87. The Morgan fingerprint density at radius 1 is 1.26 bits per heavy atom. The number of ether oxygens (including phenoxy) is 3. The van der Waals surface area contributed by atoms with Crippen LogP contribution in [0.25, 0.3) is 0 Å². The lowest BCUT2D eigenvalue weighted by Gasteiger charge is -2.13. The Morgan fingerprint density at radius 3 is 2.58 bits per heavy atom. The molecule has 0 bridgehead atoms. The number of benzene rings is 1. The lowest BCUT2D eigenvalue weighted by Crippen LogP contribution is -2.13. The molecule has 1 rings (SSSR count). The minimum atomic E-state index is -0.467. The summed E-state index contributed by atoms with van der Waals surface area (Å²) in [4.78, 5) is 11.1. The topological polar surface area (TPSA) is 65.0 Å². The van der Waals surface area contributed by atoms with Crippen LogP contribution in [0.2, 0.25) is 0 Å². The molecule has 19 heavy (non-hydrogen) atoms. The summed E-state index contributed by atoms with van der Waals surface area (Å²) >= 11 is 0. The zero-order chi connectivity index (χ0) is 14.3. The van der Waals surface area contributed by atoms with E-state index in [4.69, 9.17) is 9.47 Å². The van der Waals surface area contributed by atoms with Crippen LogP contribution in [0.3, 0.4) is 0 Å². The van der Waals surface area contributed by atoms with E-state index in [2.05, 4.69) is 11.7 Å². The van der Waals surface area contributed by atoms with Crippen LogP contribution < -0.4 is 9.47 Å². The van der Waals surface area contributed by atoms with Gasteiger partial charge in [-0.15, -0.1) is 0 Å². The van der Waals surface area contributed by atoms with Crippen molar-refractivity contribution in [3.05, 3.63) is 17.7 Å². The van der Waals surface area contributed by atoms with E-state index in [1.54, 1.807) is 6.07 Å². The van der Waals surface area contributed by atoms with Gasteiger partial charge in [0.15, 0.2) is 18.1 Å². The third-order valence-electron chi connectivity index (χ3n) is 2.74. The molecular weight excluding hydrogens is 248 g/mol. The Bertz CT molecular complexity index is 428. The van der Waals surface area contributed by atoms with Crippen molar-refractivity contribution in [2.75, 3.05) is 20.8 Å². The highest BCUT2D eigenvalue weighted by atomic mass is 16.6. The molecule has 0 aliphatic rings. The fourth-order valence-corrected chi connectivity index (χ4v) is 1.63. The molecule has 0 heterocycles. The molecule has 5 heteroatoms. The molecule has 0 saturated heterocycles. The Kier molecular flexibility index (Phi) is 5.99. The van der Waals surface area contributed by atoms with Gasteiger partial charge in [-0.3, -0.25) is 0 Å². The number of unbranched alkanes of at least 4 members (excludes halogenated alkanes) is 1. The number of phenols is 1. The smallest absolute Gasteiger partial charge is 0.343 e. The van der Waals surface area contributed by atoms with Crippen LogP contribution >= 0.6 is 0 Å². The Labute approximate surface area is 113 Å². The number of esters is 1. The molecule has 0 aliphatic carbocycles. The average molecular weight is 268 g/mol. The molecule has 0 spiro atoms. The molecular formula is C14H20O5. The van der Waals surface area contributed by atoms with Gasteiger partial charge in [0.1, 0.15) is 5.75 Å². The van der Waals surface area contributed by atoms with Crippen molar-refractivity contribution >= 4 is 5.97 Å². The predicted octanol–water partition coefficient (Wildman–Crippen LogP) is 2.30. The fraction of sp³-hybridized carbons (Fsp3) is 0.500. The van der Waals surface area contributed by atoms with Gasteiger partial charge in [-0.05, 0) is 24.5 Å². The van der Waals surface area contributed by atoms with Gasteiger partial charge >= 0.3 is 5.97 Å². The highest BCUT2D eigenvalue weighted by molar-refractivity contribution is 5.71. The Hall–Kier alpha value is -1.91. The summed E-state index contributed by atoms with van der Waals surface area (Å²) in [5.41, 5.74) is 0.780. The molecule has 1 N–H and O–H groups in total. The monoisotopic (exact) mass is 268 g/mol. The molecule has 0 atom stereocenters. The highest BCUT2D eigenvalue weighted by Gasteiger charge is 2.12. The lowest BCUT2D eigenvalue weighted by atomic mass is 10.1. The van der Waals surface area contributed by atoms with E-state index in [1.165, 1.54) is 20.3 Å². The van der Waals surface area contributed by atoms with Crippen molar-refractivity contribution in [1.29, 1.82) is 0 Å². The fourth-order valence-electron chi connectivity index (χ4n) is 1.63. The third-order valence-corrected chi connectivity index (χ3v) is 2.74. The van der Waals surface area contributed by atoms with Crippen molar-refractivity contribution in [2.24, 2.45) is 0 Å². The number of carbonyl (C=O) groups is 1. The standard InChI is InChI=1S/C14H20O5/c1-4-5-6-10-7-13(19-9-14(16)18-3)12(17-2)8-11(10)15/h7-8,15H,4-6,9H2,1-3H3. The van der Waals surface area contributed by atoms with Crippen molar-refractivity contribution in [1.82, 2.24) is 0 Å². The maximum Gasteiger partial charge on any atom is 0.343 e. The number of rotatable bonds is 7. The predicted molar refractivity (Wildman–Crippen MR) is 70.8 cm³/mol.